The summed E-state index contributed by atoms with van der Waals surface area (Å²) in [5.41, 5.74) is 4.25. The van der Waals surface area contributed by atoms with E-state index in [1.807, 2.05) is 25.1 Å². The molecule has 0 saturated carbocycles. The largest absolute Gasteiger partial charge is 0.383 e. The minimum absolute atomic E-state index is 0.0954. The first-order chi connectivity index (χ1) is 16.8. The molecule has 1 aliphatic heterocycles. The molecule has 0 unspecified atom stereocenters. The van der Waals surface area contributed by atoms with Crippen LogP contribution in [0.1, 0.15) is 31.8 Å². The number of carbonyl (C=O) groups excluding carboxylic acids is 2. The standard InChI is InChI=1S/C25H22ClN5O4/c1-16-14-18(27-12-13-30-24(32)20-4-2-3-5-21(20)25(30)33)7-6-17(16)10-11-28-29-23-9-8-19(31(34)35)15-22(23)26/h2-9,14-15,27H,10-13H2,1H3. The number of anilines is 1. The summed E-state index contributed by atoms with van der Waals surface area (Å²) in [7, 11) is 0. The van der Waals surface area contributed by atoms with Gasteiger partial charge in [0.05, 0.1) is 27.6 Å². The van der Waals surface area contributed by atoms with Crippen molar-refractivity contribution < 1.29 is 14.5 Å². The van der Waals surface area contributed by atoms with Gasteiger partial charge in [-0.3, -0.25) is 24.6 Å². The quantitative estimate of drug-likeness (QED) is 0.181. The van der Waals surface area contributed by atoms with Gasteiger partial charge in [0.2, 0.25) is 0 Å². The molecule has 0 aromatic heterocycles. The zero-order valence-electron chi connectivity index (χ0n) is 18.9. The number of hydrogen-bond donors (Lipinski definition) is 1. The van der Waals surface area contributed by atoms with Crippen molar-refractivity contribution in [3.05, 3.63) is 98.1 Å². The molecule has 1 aliphatic rings. The van der Waals surface area contributed by atoms with Crippen molar-refractivity contribution in [1.82, 2.24) is 4.90 Å². The number of benzene rings is 3. The molecule has 10 heteroatoms. The highest BCUT2D eigenvalue weighted by atomic mass is 35.5. The smallest absolute Gasteiger partial charge is 0.271 e. The molecule has 2 amide bonds. The molecule has 0 spiro atoms. The van der Waals surface area contributed by atoms with Crippen molar-refractivity contribution in [3.63, 3.8) is 0 Å². The monoisotopic (exact) mass is 491 g/mol. The predicted molar refractivity (Wildman–Crippen MR) is 133 cm³/mol. The second-order valence-corrected chi connectivity index (χ2v) is 8.39. The van der Waals surface area contributed by atoms with Gasteiger partial charge in [-0.05, 0) is 54.8 Å². The van der Waals surface area contributed by atoms with Gasteiger partial charge in [0.25, 0.3) is 17.5 Å². The van der Waals surface area contributed by atoms with Crippen LogP contribution in [0.25, 0.3) is 0 Å². The molecule has 0 bridgehead atoms. The molecule has 3 aromatic carbocycles. The third-order valence-corrected chi connectivity index (χ3v) is 5.99. The normalized spacial score (nSPS) is 12.9. The highest BCUT2D eigenvalue weighted by Gasteiger charge is 2.34. The second-order valence-electron chi connectivity index (χ2n) is 7.98. The average Bonchev–Trinajstić information content (AvgIpc) is 3.08. The lowest BCUT2D eigenvalue weighted by Crippen LogP contribution is -2.34. The van der Waals surface area contributed by atoms with Crippen molar-refractivity contribution in [3.8, 4) is 0 Å². The number of rotatable bonds is 9. The summed E-state index contributed by atoms with van der Waals surface area (Å²) < 4.78 is 0. The Kier molecular flexibility index (Phi) is 7.17. The number of aryl methyl sites for hydroxylation is 1. The first-order valence-electron chi connectivity index (χ1n) is 10.9. The van der Waals surface area contributed by atoms with E-state index >= 15 is 0 Å². The van der Waals surface area contributed by atoms with Gasteiger partial charge >= 0.3 is 0 Å². The summed E-state index contributed by atoms with van der Waals surface area (Å²) in [5.74, 6) is -0.522. The Morgan fingerprint density at radius 2 is 1.74 bits per heavy atom. The molecule has 4 rings (SSSR count). The van der Waals surface area contributed by atoms with Gasteiger partial charge in [0, 0.05) is 30.9 Å². The topological polar surface area (TPSA) is 117 Å². The number of carbonyl (C=O) groups is 2. The predicted octanol–water partition coefficient (Wildman–Crippen LogP) is 5.59. The average molecular weight is 492 g/mol. The summed E-state index contributed by atoms with van der Waals surface area (Å²) in [4.78, 5) is 36.4. The molecule has 9 nitrogen and oxygen atoms in total. The Balaban J connectivity index is 1.28. The van der Waals surface area contributed by atoms with Crippen molar-refractivity contribution in [2.45, 2.75) is 13.3 Å². The number of imide groups is 1. The zero-order valence-corrected chi connectivity index (χ0v) is 19.7. The lowest BCUT2D eigenvalue weighted by Gasteiger charge is -2.15. The Morgan fingerprint density at radius 3 is 2.37 bits per heavy atom. The van der Waals surface area contributed by atoms with Crippen LogP contribution in [0.5, 0.6) is 0 Å². The summed E-state index contributed by atoms with van der Waals surface area (Å²) in [6, 6.07) is 16.8. The van der Waals surface area contributed by atoms with Crippen LogP contribution in [0, 0.1) is 17.0 Å². The van der Waals surface area contributed by atoms with Crippen LogP contribution >= 0.6 is 11.6 Å². The van der Waals surface area contributed by atoms with Crippen LogP contribution in [-0.4, -0.2) is 41.3 Å². The Labute approximate surface area is 206 Å². The van der Waals surface area contributed by atoms with Gasteiger partial charge in [-0.15, -0.1) is 0 Å². The summed E-state index contributed by atoms with van der Waals surface area (Å²) in [6.07, 6.45) is 0.662. The molecule has 3 aromatic rings. The van der Waals surface area contributed by atoms with E-state index in [-0.39, 0.29) is 29.1 Å². The number of amides is 2. The molecular weight excluding hydrogens is 470 g/mol. The number of hydrogen-bond acceptors (Lipinski definition) is 7. The minimum atomic E-state index is -0.515. The van der Waals surface area contributed by atoms with Crippen LogP contribution in [0.3, 0.4) is 0 Å². The zero-order chi connectivity index (χ0) is 24.9. The van der Waals surface area contributed by atoms with Crippen LogP contribution in [-0.2, 0) is 6.42 Å². The second kappa shape index (κ2) is 10.4. The van der Waals surface area contributed by atoms with E-state index in [0.29, 0.717) is 36.3 Å². The number of fused-ring (bicyclic) bond motifs is 1. The van der Waals surface area contributed by atoms with Gasteiger partial charge in [-0.1, -0.05) is 29.8 Å². The van der Waals surface area contributed by atoms with Gasteiger partial charge in [-0.2, -0.15) is 10.2 Å². The van der Waals surface area contributed by atoms with E-state index in [2.05, 4.69) is 15.5 Å². The maximum Gasteiger partial charge on any atom is 0.271 e. The molecule has 0 radical (unpaired) electrons. The van der Waals surface area contributed by atoms with E-state index in [4.69, 9.17) is 11.6 Å². The minimum Gasteiger partial charge on any atom is -0.383 e. The van der Waals surface area contributed by atoms with Crippen LogP contribution < -0.4 is 5.32 Å². The Bertz CT molecular complexity index is 1310. The Hall–Kier alpha value is -4.11. The van der Waals surface area contributed by atoms with Crippen LogP contribution in [0.4, 0.5) is 17.1 Å². The molecule has 0 fully saturated rings. The molecule has 0 saturated heterocycles. The molecule has 0 atom stereocenters. The molecule has 1 heterocycles. The lowest BCUT2D eigenvalue weighted by atomic mass is 10.1. The summed E-state index contributed by atoms with van der Waals surface area (Å²) >= 11 is 6.03. The van der Waals surface area contributed by atoms with Crippen LogP contribution in [0.2, 0.25) is 5.02 Å². The van der Waals surface area contributed by atoms with Crippen molar-refractivity contribution >= 4 is 40.5 Å². The molecule has 178 valence electrons. The Morgan fingerprint density at radius 1 is 1.03 bits per heavy atom. The van der Waals surface area contributed by atoms with Gasteiger partial charge < -0.3 is 5.32 Å². The fourth-order valence-corrected chi connectivity index (χ4v) is 4.04. The lowest BCUT2D eigenvalue weighted by molar-refractivity contribution is -0.384. The SMILES string of the molecule is Cc1cc(NCCN2C(=O)c3ccccc3C2=O)ccc1CCN=Nc1ccc([N+](=O)[O-])cc1Cl. The maximum absolute atomic E-state index is 12.5. The fraction of sp³-hybridized carbons (Fsp3) is 0.200. The highest BCUT2D eigenvalue weighted by molar-refractivity contribution is 6.33. The fourth-order valence-electron chi connectivity index (χ4n) is 3.83. The van der Waals surface area contributed by atoms with Crippen molar-refractivity contribution in [2.24, 2.45) is 10.2 Å². The number of nitrogens with zero attached hydrogens (tertiary/aromatic N) is 4. The summed E-state index contributed by atoms with van der Waals surface area (Å²) in [6.45, 7) is 3.14. The van der Waals surface area contributed by atoms with E-state index in [1.54, 1.807) is 24.3 Å². The molecule has 0 aliphatic carbocycles. The van der Waals surface area contributed by atoms with Gasteiger partial charge in [-0.25, -0.2) is 0 Å². The van der Waals surface area contributed by atoms with E-state index < -0.39 is 4.92 Å². The number of halogens is 1. The van der Waals surface area contributed by atoms with Gasteiger partial charge in [0.1, 0.15) is 5.69 Å². The first-order valence-corrected chi connectivity index (χ1v) is 11.3. The number of azo groups is 1. The number of nitro groups is 1. The molecule has 1 N–H and O–H groups in total. The first kappa shape index (κ1) is 24.0. The van der Waals surface area contributed by atoms with E-state index in [0.717, 1.165) is 16.8 Å². The molecular formula is C25H22ClN5O4. The van der Waals surface area contributed by atoms with Gasteiger partial charge in [0.15, 0.2) is 0 Å². The van der Waals surface area contributed by atoms with E-state index in [9.17, 15) is 19.7 Å². The highest BCUT2D eigenvalue weighted by Crippen LogP contribution is 2.29. The van der Waals surface area contributed by atoms with Crippen molar-refractivity contribution in [1.29, 1.82) is 0 Å². The molecule has 35 heavy (non-hydrogen) atoms. The third-order valence-electron chi connectivity index (χ3n) is 5.69. The summed E-state index contributed by atoms with van der Waals surface area (Å²) in [5, 5.41) is 22.4. The third kappa shape index (κ3) is 5.36. The van der Waals surface area contributed by atoms with Crippen molar-refractivity contribution in [2.75, 3.05) is 25.0 Å². The number of nitrogens with one attached hydrogen (secondary N) is 1. The maximum atomic E-state index is 12.5. The van der Waals surface area contributed by atoms with Crippen LogP contribution in [0.15, 0.2) is 70.9 Å². The van der Waals surface area contributed by atoms with E-state index in [1.165, 1.54) is 23.1 Å². The number of nitro benzene ring substituents is 1. The number of non-ortho nitro benzene ring substituents is 1.